The lowest BCUT2D eigenvalue weighted by molar-refractivity contribution is -0.385. The van der Waals surface area contributed by atoms with Crippen molar-refractivity contribution in [2.45, 2.75) is 19.4 Å². The van der Waals surface area contributed by atoms with Gasteiger partial charge in [0, 0.05) is 38.6 Å². The second-order valence-corrected chi connectivity index (χ2v) is 5.11. The topological polar surface area (TPSA) is 75.8 Å². The number of nitro groups is 1. The van der Waals surface area contributed by atoms with Gasteiger partial charge in [-0.15, -0.1) is 0 Å². The van der Waals surface area contributed by atoms with E-state index >= 15 is 0 Å². The fourth-order valence-corrected chi connectivity index (χ4v) is 2.67. The fourth-order valence-electron chi connectivity index (χ4n) is 2.67. The molecule has 0 aliphatic carbocycles. The fraction of sp³-hybridized carbons (Fsp3) is 0.571. The molecule has 0 aromatic heterocycles. The predicted molar refractivity (Wildman–Crippen MR) is 75.8 cm³/mol. The molecule has 6 nitrogen and oxygen atoms in total. The molecular weight excluding hydrogens is 260 g/mol. The second kappa shape index (κ2) is 6.67. The van der Waals surface area contributed by atoms with Gasteiger partial charge in [0.1, 0.15) is 0 Å². The van der Waals surface area contributed by atoms with Crippen LogP contribution in [0.5, 0.6) is 0 Å². The van der Waals surface area contributed by atoms with Gasteiger partial charge < -0.3 is 14.7 Å². The number of anilines is 1. The van der Waals surface area contributed by atoms with Crippen LogP contribution in [-0.4, -0.2) is 36.8 Å². The van der Waals surface area contributed by atoms with Crippen molar-refractivity contribution in [2.24, 2.45) is 5.92 Å². The monoisotopic (exact) mass is 280 g/mol. The molecule has 110 valence electrons. The summed E-state index contributed by atoms with van der Waals surface area (Å²) in [6.07, 6.45) is 2.11. The van der Waals surface area contributed by atoms with Crippen LogP contribution in [0.25, 0.3) is 0 Å². The highest BCUT2D eigenvalue weighted by atomic mass is 16.6. The van der Waals surface area contributed by atoms with Crippen molar-refractivity contribution in [1.29, 1.82) is 0 Å². The van der Waals surface area contributed by atoms with E-state index in [2.05, 4.69) is 4.90 Å². The first-order valence-corrected chi connectivity index (χ1v) is 6.77. The largest absolute Gasteiger partial charge is 0.391 e. The highest BCUT2D eigenvalue weighted by molar-refractivity contribution is 5.55. The zero-order chi connectivity index (χ0) is 14.5. The third kappa shape index (κ3) is 3.26. The van der Waals surface area contributed by atoms with Crippen LogP contribution in [0.3, 0.4) is 0 Å². The van der Waals surface area contributed by atoms with E-state index in [1.807, 2.05) is 0 Å². The number of hydrogen-bond donors (Lipinski definition) is 1. The van der Waals surface area contributed by atoms with E-state index in [0.29, 0.717) is 11.5 Å². The molecule has 0 saturated carbocycles. The number of aliphatic hydroxyl groups excluding tert-OH is 1. The summed E-state index contributed by atoms with van der Waals surface area (Å²) in [6.45, 7) is 2.30. The molecule has 0 amide bonds. The molecule has 1 aromatic rings. The molecule has 1 N–H and O–H groups in total. The zero-order valence-electron chi connectivity index (χ0n) is 11.6. The van der Waals surface area contributed by atoms with Crippen LogP contribution in [0.2, 0.25) is 0 Å². The Labute approximate surface area is 118 Å². The maximum absolute atomic E-state index is 10.9. The van der Waals surface area contributed by atoms with E-state index in [1.54, 1.807) is 19.2 Å². The summed E-state index contributed by atoms with van der Waals surface area (Å²) >= 11 is 0. The van der Waals surface area contributed by atoms with E-state index in [0.717, 1.165) is 38.2 Å². The molecule has 1 aromatic carbocycles. The second-order valence-electron chi connectivity index (χ2n) is 5.11. The van der Waals surface area contributed by atoms with E-state index in [4.69, 9.17) is 4.74 Å². The van der Waals surface area contributed by atoms with Crippen LogP contribution in [-0.2, 0) is 11.3 Å². The van der Waals surface area contributed by atoms with Crippen LogP contribution in [0.15, 0.2) is 18.2 Å². The molecule has 0 spiro atoms. The Morgan fingerprint density at radius 2 is 2.15 bits per heavy atom. The lowest BCUT2D eigenvalue weighted by Crippen LogP contribution is -2.35. The molecule has 1 aliphatic heterocycles. The molecule has 1 fully saturated rings. The van der Waals surface area contributed by atoms with Gasteiger partial charge in [-0.05, 0) is 30.9 Å². The van der Waals surface area contributed by atoms with Gasteiger partial charge in [0.2, 0.25) is 0 Å². The highest BCUT2D eigenvalue weighted by Crippen LogP contribution is 2.28. The minimum atomic E-state index is -0.458. The summed E-state index contributed by atoms with van der Waals surface area (Å²) in [5.74, 6) is 0.589. The van der Waals surface area contributed by atoms with E-state index in [1.165, 1.54) is 6.07 Å². The molecule has 1 heterocycles. The van der Waals surface area contributed by atoms with Crippen molar-refractivity contribution in [3.05, 3.63) is 33.9 Å². The minimum absolute atomic E-state index is 0.0227. The van der Waals surface area contributed by atoms with Gasteiger partial charge in [-0.1, -0.05) is 0 Å². The number of aliphatic hydroxyl groups is 1. The summed E-state index contributed by atoms with van der Waals surface area (Å²) < 4.78 is 5.17. The van der Waals surface area contributed by atoms with Crippen molar-refractivity contribution >= 4 is 11.4 Å². The average Bonchev–Trinajstić information content (AvgIpc) is 2.47. The Hall–Kier alpha value is -1.66. The highest BCUT2D eigenvalue weighted by Gasteiger charge is 2.21. The number of ether oxygens (including phenoxy) is 1. The van der Waals surface area contributed by atoms with Gasteiger partial charge >= 0.3 is 0 Å². The zero-order valence-corrected chi connectivity index (χ0v) is 11.6. The summed E-state index contributed by atoms with van der Waals surface area (Å²) in [5, 5.41) is 20.1. The number of nitro benzene ring substituents is 1. The van der Waals surface area contributed by atoms with Gasteiger partial charge in [0.15, 0.2) is 0 Å². The third-order valence-electron chi connectivity index (χ3n) is 3.81. The van der Waals surface area contributed by atoms with Gasteiger partial charge in [-0.3, -0.25) is 10.1 Å². The third-order valence-corrected chi connectivity index (χ3v) is 3.81. The lowest BCUT2D eigenvalue weighted by Gasteiger charge is -2.33. The quantitative estimate of drug-likeness (QED) is 0.659. The Bertz CT molecular complexity index is 470. The van der Waals surface area contributed by atoms with Crippen LogP contribution in [0.4, 0.5) is 11.4 Å². The summed E-state index contributed by atoms with van der Waals surface area (Å²) in [5.41, 5.74) is 1.28. The molecule has 0 atom stereocenters. The summed E-state index contributed by atoms with van der Waals surface area (Å²) in [6, 6.07) is 4.95. The van der Waals surface area contributed by atoms with E-state index in [-0.39, 0.29) is 12.3 Å². The van der Waals surface area contributed by atoms with Crippen molar-refractivity contribution in [3.8, 4) is 0 Å². The molecule has 6 heteroatoms. The Morgan fingerprint density at radius 3 is 2.70 bits per heavy atom. The first-order chi connectivity index (χ1) is 9.65. The smallest absolute Gasteiger partial charge is 0.275 e. The van der Waals surface area contributed by atoms with Crippen LogP contribution in [0, 0.1) is 16.0 Å². The molecule has 0 bridgehead atoms. The van der Waals surface area contributed by atoms with Crippen LogP contribution in [0.1, 0.15) is 18.4 Å². The number of hydrogen-bond acceptors (Lipinski definition) is 5. The standard InChI is InChI=1S/C14H20N2O4/c1-20-10-11-4-6-15(7-5-11)13-2-3-14(16(18)19)12(8-13)9-17/h2-3,8,11,17H,4-7,9-10H2,1H3. The number of nitrogens with zero attached hydrogens (tertiary/aromatic N) is 2. The van der Waals surface area contributed by atoms with Crippen molar-refractivity contribution in [3.63, 3.8) is 0 Å². The number of piperidine rings is 1. The summed E-state index contributed by atoms with van der Waals surface area (Å²) in [7, 11) is 1.72. The molecule has 0 radical (unpaired) electrons. The van der Waals surface area contributed by atoms with Gasteiger partial charge in [0.05, 0.1) is 17.1 Å². The summed E-state index contributed by atoms with van der Waals surface area (Å²) in [4.78, 5) is 12.6. The number of benzene rings is 1. The maximum atomic E-state index is 10.9. The molecule has 0 unspecified atom stereocenters. The van der Waals surface area contributed by atoms with E-state index in [9.17, 15) is 15.2 Å². The maximum Gasteiger partial charge on any atom is 0.275 e. The van der Waals surface area contributed by atoms with E-state index < -0.39 is 4.92 Å². The molecule has 1 saturated heterocycles. The Kier molecular flexibility index (Phi) is 4.92. The predicted octanol–water partition coefficient (Wildman–Crippen LogP) is 1.95. The SMILES string of the molecule is COCC1CCN(c2ccc([N+](=O)[O-])c(CO)c2)CC1. The number of methoxy groups -OCH3 is 1. The van der Waals surface area contributed by atoms with Crippen molar-refractivity contribution < 1.29 is 14.8 Å². The van der Waals surface area contributed by atoms with Crippen LogP contribution >= 0.6 is 0 Å². The van der Waals surface area contributed by atoms with Crippen molar-refractivity contribution in [2.75, 3.05) is 31.7 Å². The first kappa shape index (κ1) is 14.7. The van der Waals surface area contributed by atoms with Crippen molar-refractivity contribution in [1.82, 2.24) is 0 Å². The Morgan fingerprint density at radius 1 is 1.45 bits per heavy atom. The lowest BCUT2D eigenvalue weighted by atomic mass is 9.97. The van der Waals surface area contributed by atoms with Crippen LogP contribution < -0.4 is 4.90 Å². The first-order valence-electron chi connectivity index (χ1n) is 6.77. The molecule has 1 aliphatic rings. The Balaban J connectivity index is 2.08. The number of rotatable bonds is 5. The van der Waals surface area contributed by atoms with Gasteiger partial charge in [0.25, 0.3) is 5.69 Å². The minimum Gasteiger partial charge on any atom is -0.391 e. The average molecular weight is 280 g/mol. The van der Waals surface area contributed by atoms with Gasteiger partial charge in [-0.2, -0.15) is 0 Å². The normalized spacial score (nSPS) is 16.4. The molecular formula is C14H20N2O4. The molecule has 2 rings (SSSR count). The molecule has 20 heavy (non-hydrogen) atoms. The van der Waals surface area contributed by atoms with Gasteiger partial charge in [-0.25, -0.2) is 0 Å².